The molecule has 0 radical (unpaired) electrons. The van der Waals surface area contributed by atoms with E-state index in [4.69, 9.17) is 17.0 Å². The Balaban J connectivity index is 1.64. The fraction of sp³-hybridized carbons (Fsp3) is 0.0741. The molecule has 1 saturated heterocycles. The van der Waals surface area contributed by atoms with Gasteiger partial charge in [-0.3, -0.25) is 25.0 Å². The van der Waals surface area contributed by atoms with Crippen molar-refractivity contribution in [2.45, 2.75) is 13.0 Å². The molecule has 38 heavy (non-hydrogen) atoms. The highest BCUT2D eigenvalue weighted by atomic mass is 79.9. The summed E-state index contributed by atoms with van der Waals surface area (Å²) in [6.07, 6.45) is 3.48. The number of non-ortho nitro benzene ring substituents is 1. The molecule has 0 spiro atoms. The number of carbonyl (C=O) groups is 2. The number of nitro groups is 1. The molecule has 1 fully saturated rings. The van der Waals surface area contributed by atoms with E-state index in [0.29, 0.717) is 27.8 Å². The van der Waals surface area contributed by atoms with Gasteiger partial charge in [-0.15, -0.1) is 6.58 Å². The van der Waals surface area contributed by atoms with Gasteiger partial charge in [-0.05, 0) is 93.7 Å². The highest BCUT2D eigenvalue weighted by Crippen LogP contribution is 2.34. The second kappa shape index (κ2) is 11.4. The summed E-state index contributed by atoms with van der Waals surface area (Å²) in [7, 11) is 0. The van der Waals surface area contributed by atoms with Crippen molar-refractivity contribution in [3.8, 4) is 5.75 Å². The second-order valence-electron chi connectivity index (χ2n) is 8.11. The lowest BCUT2D eigenvalue weighted by Gasteiger charge is -2.29. The SMILES string of the molecule is C=CCc1cc(/C=C2\C(=O)NC(=S)N(c3ccccc3F)C2=O)cc(Br)c1OCc1ccc([N+](=O)[O-])cc1. The molecule has 0 saturated carbocycles. The molecule has 3 aromatic carbocycles. The van der Waals surface area contributed by atoms with E-state index in [1.54, 1.807) is 36.4 Å². The average molecular weight is 596 g/mol. The molecule has 2 amide bonds. The van der Waals surface area contributed by atoms with Crippen molar-refractivity contribution in [1.82, 2.24) is 5.32 Å². The zero-order chi connectivity index (χ0) is 27.4. The number of thiocarbonyl (C=S) groups is 1. The molecule has 3 aromatic rings. The first-order valence-corrected chi connectivity index (χ1v) is 12.3. The number of hydrogen-bond donors (Lipinski definition) is 1. The molecule has 0 atom stereocenters. The molecule has 0 bridgehead atoms. The van der Waals surface area contributed by atoms with E-state index < -0.39 is 22.6 Å². The Hall–Kier alpha value is -4.22. The van der Waals surface area contributed by atoms with Gasteiger partial charge in [0.1, 0.15) is 23.7 Å². The van der Waals surface area contributed by atoms with Crippen LogP contribution in [0.1, 0.15) is 16.7 Å². The number of nitrogens with one attached hydrogen (secondary N) is 1. The van der Waals surface area contributed by atoms with Crippen LogP contribution in [-0.2, 0) is 22.6 Å². The van der Waals surface area contributed by atoms with E-state index in [-0.39, 0.29) is 28.7 Å². The molecule has 192 valence electrons. The predicted octanol–water partition coefficient (Wildman–Crippen LogP) is 5.64. The summed E-state index contributed by atoms with van der Waals surface area (Å²) >= 11 is 8.62. The number of nitro benzene ring substituents is 1. The monoisotopic (exact) mass is 595 g/mol. The summed E-state index contributed by atoms with van der Waals surface area (Å²) < 4.78 is 21.0. The summed E-state index contributed by atoms with van der Waals surface area (Å²) in [6.45, 7) is 3.93. The van der Waals surface area contributed by atoms with Crippen LogP contribution in [0.2, 0.25) is 0 Å². The quantitative estimate of drug-likeness (QED) is 0.0903. The number of rotatable bonds is 8. The molecule has 4 rings (SSSR count). The number of halogens is 2. The number of anilines is 1. The van der Waals surface area contributed by atoms with Crippen molar-refractivity contribution in [2.24, 2.45) is 0 Å². The van der Waals surface area contributed by atoms with Crippen LogP contribution in [0.15, 0.2) is 83.4 Å². The van der Waals surface area contributed by atoms with Crippen LogP contribution < -0.4 is 15.0 Å². The summed E-state index contributed by atoms with van der Waals surface area (Å²) in [5, 5.41) is 13.1. The van der Waals surface area contributed by atoms with Crippen molar-refractivity contribution < 1.29 is 23.6 Å². The zero-order valence-electron chi connectivity index (χ0n) is 19.6. The zero-order valence-corrected chi connectivity index (χ0v) is 22.1. The Morgan fingerprint density at radius 3 is 2.53 bits per heavy atom. The van der Waals surface area contributed by atoms with Gasteiger partial charge in [-0.2, -0.15) is 0 Å². The normalized spacial score (nSPS) is 14.4. The smallest absolute Gasteiger partial charge is 0.270 e. The number of para-hydroxylation sites is 1. The van der Waals surface area contributed by atoms with Crippen LogP contribution in [0.3, 0.4) is 0 Å². The molecule has 1 heterocycles. The summed E-state index contributed by atoms with van der Waals surface area (Å²) in [5.74, 6) is -1.61. The third-order valence-electron chi connectivity index (χ3n) is 5.54. The topological polar surface area (TPSA) is 102 Å². The van der Waals surface area contributed by atoms with Crippen molar-refractivity contribution in [3.63, 3.8) is 0 Å². The van der Waals surface area contributed by atoms with E-state index in [0.717, 1.165) is 10.5 Å². The summed E-state index contributed by atoms with van der Waals surface area (Å²) in [6, 6.07) is 15.1. The first kappa shape index (κ1) is 26.8. The number of nitrogens with zero attached hydrogens (tertiary/aromatic N) is 2. The van der Waals surface area contributed by atoms with Gasteiger partial charge in [0.05, 0.1) is 15.1 Å². The van der Waals surface area contributed by atoms with Crippen LogP contribution in [-0.4, -0.2) is 21.9 Å². The first-order valence-electron chi connectivity index (χ1n) is 11.1. The van der Waals surface area contributed by atoms with E-state index in [9.17, 15) is 24.1 Å². The fourth-order valence-corrected chi connectivity index (χ4v) is 4.68. The number of ether oxygens (including phenoxy) is 1. The lowest BCUT2D eigenvalue weighted by Crippen LogP contribution is -2.54. The molecular weight excluding hydrogens is 577 g/mol. The molecular formula is C27H19BrFN3O5S. The fourth-order valence-electron chi connectivity index (χ4n) is 3.77. The van der Waals surface area contributed by atoms with Crippen molar-refractivity contribution in [3.05, 3.63) is 116 Å². The number of allylic oxidation sites excluding steroid dienone is 1. The second-order valence-corrected chi connectivity index (χ2v) is 9.35. The highest BCUT2D eigenvalue weighted by molar-refractivity contribution is 9.10. The maximum absolute atomic E-state index is 14.4. The van der Waals surface area contributed by atoms with E-state index >= 15 is 0 Å². The van der Waals surface area contributed by atoms with Gasteiger partial charge in [0.2, 0.25) is 0 Å². The van der Waals surface area contributed by atoms with Crippen molar-refractivity contribution in [2.75, 3.05) is 4.90 Å². The molecule has 0 aliphatic carbocycles. The number of carbonyl (C=O) groups excluding carboxylic acids is 2. The van der Waals surface area contributed by atoms with Gasteiger partial charge in [0.15, 0.2) is 5.11 Å². The molecule has 1 N–H and O–H groups in total. The van der Waals surface area contributed by atoms with Crippen LogP contribution in [0, 0.1) is 15.9 Å². The molecule has 0 unspecified atom stereocenters. The van der Waals surface area contributed by atoms with Gasteiger partial charge in [-0.1, -0.05) is 18.2 Å². The Morgan fingerprint density at radius 2 is 1.87 bits per heavy atom. The van der Waals surface area contributed by atoms with Crippen LogP contribution >= 0.6 is 28.1 Å². The summed E-state index contributed by atoms with van der Waals surface area (Å²) in [4.78, 5) is 37.2. The minimum absolute atomic E-state index is 0.0182. The van der Waals surface area contributed by atoms with Gasteiger partial charge in [-0.25, -0.2) is 9.29 Å². The van der Waals surface area contributed by atoms with Crippen LogP contribution in [0.25, 0.3) is 6.08 Å². The minimum atomic E-state index is -0.760. The highest BCUT2D eigenvalue weighted by Gasteiger charge is 2.35. The van der Waals surface area contributed by atoms with Crippen LogP contribution in [0.5, 0.6) is 5.75 Å². The Morgan fingerprint density at radius 1 is 1.16 bits per heavy atom. The first-order chi connectivity index (χ1) is 18.2. The average Bonchev–Trinajstić information content (AvgIpc) is 2.87. The van der Waals surface area contributed by atoms with Gasteiger partial charge < -0.3 is 4.74 Å². The molecule has 11 heteroatoms. The number of amides is 2. The van der Waals surface area contributed by atoms with E-state index in [1.165, 1.54) is 36.4 Å². The van der Waals surface area contributed by atoms with Gasteiger partial charge in [0, 0.05) is 12.1 Å². The van der Waals surface area contributed by atoms with Gasteiger partial charge in [0.25, 0.3) is 17.5 Å². The lowest BCUT2D eigenvalue weighted by atomic mass is 10.0. The Kier molecular flexibility index (Phi) is 8.08. The van der Waals surface area contributed by atoms with Crippen molar-refractivity contribution >= 4 is 62.5 Å². The molecule has 8 nitrogen and oxygen atoms in total. The number of benzene rings is 3. The number of hydrogen-bond acceptors (Lipinski definition) is 6. The molecule has 0 aromatic heterocycles. The Bertz CT molecular complexity index is 1510. The lowest BCUT2D eigenvalue weighted by molar-refractivity contribution is -0.384. The molecule has 1 aliphatic rings. The third-order valence-corrected chi connectivity index (χ3v) is 6.42. The van der Waals surface area contributed by atoms with Crippen molar-refractivity contribution in [1.29, 1.82) is 0 Å². The maximum Gasteiger partial charge on any atom is 0.270 e. The third kappa shape index (κ3) is 5.68. The maximum atomic E-state index is 14.4. The van der Waals surface area contributed by atoms with Gasteiger partial charge >= 0.3 is 0 Å². The Labute approximate surface area is 230 Å². The van der Waals surface area contributed by atoms with Crippen LogP contribution in [0.4, 0.5) is 15.8 Å². The minimum Gasteiger partial charge on any atom is -0.487 e. The standard InChI is InChI=1S/C27H19BrFN3O5S/c1-2-5-18-12-17(14-21(28)24(18)37-15-16-8-10-19(11-9-16)32(35)36)13-20-25(33)30-27(38)31(26(20)34)23-7-4-3-6-22(23)29/h2-4,6-14H,1,5,15H2,(H,30,33,38)/b20-13+. The van der Waals surface area contributed by atoms with E-state index in [1.807, 2.05) is 0 Å². The largest absolute Gasteiger partial charge is 0.487 e. The molecule has 1 aliphatic heterocycles. The predicted molar refractivity (Wildman–Crippen MR) is 148 cm³/mol. The summed E-state index contributed by atoms with van der Waals surface area (Å²) in [5.41, 5.74) is 1.64. The van der Waals surface area contributed by atoms with E-state index in [2.05, 4.69) is 27.8 Å².